The molecule has 0 unspecified atom stereocenters. The van der Waals surface area contributed by atoms with Gasteiger partial charge in [0.25, 0.3) is 5.89 Å². The number of esters is 1. The quantitative estimate of drug-likeness (QED) is 0.259. The Labute approximate surface area is 201 Å². The zero-order chi connectivity index (χ0) is 24.1. The lowest BCUT2D eigenvalue weighted by atomic mass is 10.1. The Morgan fingerprint density at radius 3 is 2.65 bits per heavy atom. The molecule has 2 aromatic carbocycles. The van der Waals surface area contributed by atoms with E-state index in [0.717, 1.165) is 33.8 Å². The van der Waals surface area contributed by atoms with Crippen LogP contribution in [0.5, 0.6) is 5.75 Å². The zero-order valence-electron chi connectivity index (χ0n) is 19.0. The summed E-state index contributed by atoms with van der Waals surface area (Å²) >= 11 is 6.27. The van der Waals surface area contributed by atoms with Crippen LogP contribution in [-0.2, 0) is 22.7 Å². The van der Waals surface area contributed by atoms with Gasteiger partial charge in [0.2, 0.25) is 5.82 Å². The van der Waals surface area contributed by atoms with Crippen LogP contribution < -0.4 is 4.74 Å². The van der Waals surface area contributed by atoms with E-state index in [-0.39, 0.29) is 12.5 Å². The Balaban J connectivity index is 1.37. The molecule has 0 aliphatic carbocycles. The van der Waals surface area contributed by atoms with E-state index in [2.05, 4.69) is 15.2 Å². The molecule has 0 N–H and O–H groups in total. The molecule has 0 aliphatic heterocycles. The molecule has 0 radical (unpaired) electrons. The molecule has 4 rings (SSSR count). The molecule has 2 aromatic heterocycles. The van der Waals surface area contributed by atoms with E-state index in [9.17, 15) is 4.79 Å². The molecule has 0 bridgehead atoms. The molecule has 9 heteroatoms. The van der Waals surface area contributed by atoms with Crippen molar-refractivity contribution in [3.63, 3.8) is 0 Å². The topological polar surface area (TPSA) is 92.3 Å². The number of rotatable bonds is 8. The Morgan fingerprint density at radius 2 is 1.91 bits per heavy atom. The van der Waals surface area contributed by atoms with Gasteiger partial charge in [0.05, 0.1) is 19.3 Å². The second kappa shape index (κ2) is 10.4. The van der Waals surface area contributed by atoms with E-state index in [1.54, 1.807) is 25.3 Å². The van der Waals surface area contributed by atoms with E-state index < -0.39 is 5.97 Å². The molecule has 0 fully saturated rings. The lowest BCUT2D eigenvalue weighted by Gasteiger charge is -2.06. The van der Waals surface area contributed by atoms with Crippen molar-refractivity contribution in [1.82, 2.24) is 19.9 Å². The van der Waals surface area contributed by atoms with Gasteiger partial charge in [0.1, 0.15) is 5.75 Å². The number of methoxy groups -OCH3 is 1. The lowest BCUT2D eigenvalue weighted by molar-refractivity contribution is -0.139. The summed E-state index contributed by atoms with van der Waals surface area (Å²) in [4.78, 5) is 16.5. The summed E-state index contributed by atoms with van der Waals surface area (Å²) in [7, 11) is 1.60. The molecule has 0 aliphatic rings. The summed E-state index contributed by atoms with van der Waals surface area (Å²) in [6.07, 6.45) is 3.05. The molecule has 0 saturated heterocycles. The SMILES string of the molecule is COc1ccc(-c2noc(COC(=O)/C=C/c3c(C)nn(Cc4ccccc4Cl)c3C)n2)cc1. The van der Waals surface area contributed by atoms with Gasteiger partial charge in [0, 0.05) is 27.9 Å². The van der Waals surface area contributed by atoms with Crippen LogP contribution in [0.15, 0.2) is 59.1 Å². The molecule has 34 heavy (non-hydrogen) atoms. The average Bonchev–Trinajstić information content (AvgIpc) is 3.42. The number of hydrogen-bond acceptors (Lipinski definition) is 7. The molecular weight excluding hydrogens is 456 g/mol. The monoisotopic (exact) mass is 478 g/mol. The van der Waals surface area contributed by atoms with Crippen LogP contribution in [0.2, 0.25) is 5.02 Å². The molecule has 0 spiro atoms. The number of hydrogen-bond donors (Lipinski definition) is 0. The van der Waals surface area contributed by atoms with Gasteiger partial charge in [-0.3, -0.25) is 4.68 Å². The minimum atomic E-state index is -0.526. The van der Waals surface area contributed by atoms with Crippen LogP contribution in [0, 0.1) is 13.8 Å². The Hall–Kier alpha value is -3.91. The number of aryl methyl sites for hydroxylation is 1. The van der Waals surface area contributed by atoms with Crippen molar-refractivity contribution in [3.05, 3.63) is 88.0 Å². The van der Waals surface area contributed by atoms with Gasteiger partial charge in [-0.2, -0.15) is 10.1 Å². The van der Waals surface area contributed by atoms with Gasteiger partial charge in [-0.15, -0.1) is 0 Å². The van der Waals surface area contributed by atoms with Crippen LogP contribution in [0.4, 0.5) is 0 Å². The van der Waals surface area contributed by atoms with Crippen molar-refractivity contribution in [1.29, 1.82) is 0 Å². The van der Waals surface area contributed by atoms with Crippen LogP contribution in [0.1, 0.15) is 28.4 Å². The van der Waals surface area contributed by atoms with Crippen molar-refractivity contribution < 1.29 is 18.8 Å². The summed E-state index contributed by atoms with van der Waals surface area (Å²) in [5.74, 6) is 0.809. The maximum atomic E-state index is 12.2. The fraction of sp³-hybridized carbons (Fsp3) is 0.200. The maximum absolute atomic E-state index is 12.2. The van der Waals surface area contributed by atoms with Gasteiger partial charge >= 0.3 is 5.97 Å². The number of carbonyl (C=O) groups excluding carboxylic acids is 1. The molecule has 0 amide bonds. The third-order valence-electron chi connectivity index (χ3n) is 5.26. The van der Waals surface area contributed by atoms with Gasteiger partial charge in [-0.1, -0.05) is 35.0 Å². The highest BCUT2D eigenvalue weighted by Gasteiger charge is 2.13. The Kier molecular flexibility index (Phi) is 7.08. The normalized spacial score (nSPS) is 11.2. The first-order chi connectivity index (χ1) is 16.4. The van der Waals surface area contributed by atoms with Crippen LogP contribution in [0.3, 0.4) is 0 Å². The number of carbonyl (C=O) groups is 1. The fourth-order valence-corrected chi connectivity index (χ4v) is 3.59. The summed E-state index contributed by atoms with van der Waals surface area (Å²) in [5, 5.41) is 9.18. The lowest BCUT2D eigenvalue weighted by Crippen LogP contribution is -2.04. The average molecular weight is 479 g/mol. The second-order valence-electron chi connectivity index (χ2n) is 7.51. The molecular formula is C25H23ClN4O4. The Morgan fingerprint density at radius 1 is 1.15 bits per heavy atom. The van der Waals surface area contributed by atoms with Gasteiger partial charge in [0.15, 0.2) is 6.61 Å². The second-order valence-corrected chi connectivity index (χ2v) is 7.92. The minimum Gasteiger partial charge on any atom is -0.497 e. The van der Waals surface area contributed by atoms with Crippen LogP contribution >= 0.6 is 11.6 Å². The summed E-state index contributed by atoms with van der Waals surface area (Å²) in [5.41, 5.74) is 4.31. The van der Waals surface area contributed by atoms with Gasteiger partial charge < -0.3 is 14.0 Å². The van der Waals surface area contributed by atoms with E-state index >= 15 is 0 Å². The number of ether oxygens (including phenoxy) is 2. The first kappa shape index (κ1) is 23.3. The first-order valence-corrected chi connectivity index (χ1v) is 10.9. The highest BCUT2D eigenvalue weighted by atomic mass is 35.5. The molecule has 174 valence electrons. The van der Waals surface area contributed by atoms with E-state index in [1.165, 1.54) is 6.08 Å². The number of aromatic nitrogens is 4. The van der Waals surface area contributed by atoms with Crippen LogP contribution in [-0.4, -0.2) is 33.0 Å². The van der Waals surface area contributed by atoms with Crippen molar-refractivity contribution in [3.8, 4) is 17.1 Å². The van der Waals surface area contributed by atoms with Crippen molar-refractivity contribution in [2.24, 2.45) is 0 Å². The highest BCUT2D eigenvalue weighted by molar-refractivity contribution is 6.31. The van der Waals surface area contributed by atoms with E-state index in [1.807, 2.05) is 54.9 Å². The third kappa shape index (κ3) is 5.35. The standard InChI is InChI=1S/C25H23ClN4O4/c1-16-21(17(2)30(28-16)14-19-6-4-5-7-22(19)26)12-13-24(31)33-15-23-27-25(29-34-23)18-8-10-20(32-3)11-9-18/h4-13H,14-15H2,1-3H3/b13-12+. The van der Waals surface area contributed by atoms with Gasteiger partial charge in [-0.05, 0) is 55.8 Å². The molecule has 2 heterocycles. The highest BCUT2D eigenvalue weighted by Crippen LogP contribution is 2.21. The fourth-order valence-electron chi connectivity index (χ4n) is 3.40. The first-order valence-electron chi connectivity index (χ1n) is 10.5. The molecule has 4 aromatic rings. The summed E-state index contributed by atoms with van der Waals surface area (Å²) < 4.78 is 17.4. The largest absolute Gasteiger partial charge is 0.497 e. The maximum Gasteiger partial charge on any atom is 0.331 e. The summed E-state index contributed by atoms with van der Waals surface area (Å²) in [6, 6.07) is 14.9. The molecule has 0 saturated carbocycles. The van der Waals surface area contributed by atoms with E-state index in [4.69, 9.17) is 25.6 Å². The predicted molar refractivity (Wildman–Crippen MR) is 127 cm³/mol. The zero-order valence-corrected chi connectivity index (χ0v) is 19.7. The predicted octanol–water partition coefficient (Wildman–Crippen LogP) is 5.02. The van der Waals surface area contributed by atoms with Gasteiger partial charge in [-0.25, -0.2) is 4.79 Å². The smallest absolute Gasteiger partial charge is 0.331 e. The third-order valence-corrected chi connectivity index (χ3v) is 5.62. The minimum absolute atomic E-state index is 0.129. The van der Waals surface area contributed by atoms with Crippen molar-refractivity contribution in [2.45, 2.75) is 27.0 Å². The number of nitrogens with zero attached hydrogens (tertiary/aromatic N) is 4. The van der Waals surface area contributed by atoms with Crippen molar-refractivity contribution >= 4 is 23.6 Å². The number of halogens is 1. The van der Waals surface area contributed by atoms with Crippen LogP contribution in [0.25, 0.3) is 17.5 Å². The number of benzene rings is 2. The van der Waals surface area contributed by atoms with E-state index in [0.29, 0.717) is 17.4 Å². The molecule has 8 nitrogen and oxygen atoms in total. The summed E-state index contributed by atoms with van der Waals surface area (Å²) in [6.45, 7) is 4.25. The van der Waals surface area contributed by atoms with Crippen molar-refractivity contribution in [2.75, 3.05) is 7.11 Å². The molecule has 0 atom stereocenters. The Bertz CT molecular complexity index is 1330.